The van der Waals surface area contributed by atoms with E-state index in [1.54, 1.807) is 56.3 Å². The molecule has 35 heavy (non-hydrogen) atoms. The van der Waals surface area contributed by atoms with Crippen molar-refractivity contribution in [3.05, 3.63) is 80.3 Å². The van der Waals surface area contributed by atoms with Crippen LogP contribution >= 0.6 is 22.9 Å². The number of aliphatic hydroxyl groups excluding tert-OH is 1. The van der Waals surface area contributed by atoms with Gasteiger partial charge in [-0.3, -0.25) is 14.5 Å². The molecule has 2 heterocycles. The van der Waals surface area contributed by atoms with Gasteiger partial charge in [-0.25, -0.2) is 9.78 Å². The predicted octanol–water partition coefficient (Wildman–Crippen LogP) is 4.83. The molecule has 1 fully saturated rings. The molecule has 0 spiro atoms. The minimum atomic E-state index is -0.995. The highest BCUT2D eigenvalue weighted by Gasteiger charge is 2.48. The number of ether oxygens (including phenoxy) is 2. The van der Waals surface area contributed by atoms with E-state index in [1.165, 1.54) is 19.1 Å². The number of aromatic nitrogens is 1. The predicted molar refractivity (Wildman–Crippen MR) is 132 cm³/mol. The van der Waals surface area contributed by atoms with Crippen LogP contribution in [0.3, 0.4) is 0 Å². The van der Waals surface area contributed by atoms with Crippen molar-refractivity contribution in [3.63, 3.8) is 0 Å². The first-order valence-corrected chi connectivity index (χ1v) is 11.6. The van der Waals surface area contributed by atoms with Crippen molar-refractivity contribution >= 4 is 51.5 Å². The molecule has 1 N–H and O–H groups in total. The van der Waals surface area contributed by atoms with Crippen LogP contribution in [0.5, 0.6) is 5.75 Å². The van der Waals surface area contributed by atoms with Crippen molar-refractivity contribution in [1.82, 2.24) is 4.98 Å². The van der Waals surface area contributed by atoms with Gasteiger partial charge < -0.3 is 14.6 Å². The van der Waals surface area contributed by atoms with Crippen molar-refractivity contribution < 1.29 is 29.0 Å². The third-order valence-corrected chi connectivity index (χ3v) is 7.05. The molecule has 0 aliphatic carbocycles. The summed E-state index contributed by atoms with van der Waals surface area (Å²) < 4.78 is 10.1. The zero-order valence-corrected chi connectivity index (χ0v) is 20.9. The molecule has 0 unspecified atom stereocenters. The molecule has 1 amide bonds. The molecule has 1 saturated heterocycles. The van der Waals surface area contributed by atoms with Gasteiger partial charge >= 0.3 is 11.9 Å². The number of rotatable bonds is 5. The van der Waals surface area contributed by atoms with Gasteiger partial charge in [-0.2, -0.15) is 0 Å². The Bertz CT molecular complexity index is 1380. The lowest BCUT2D eigenvalue weighted by atomic mass is 9.95. The number of anilines is 1. The standard InChI is InChI=1S/C25H21ClN2O6S/c1-12-11-15(7-10-17(12)33-3)20(29)18-19(14-5-8-16(26)9-6-14)28(23(31)21(18)30)25-27-13(2)22(35-25)24(32)34-4/h5-11,19,29H,1-4H3/t19-/m0/s1. The van der Waals surface area contributed by atoms with Gasteiger partial charge in [-0.15, -0.1) is 0 Å². The molecule has 180 valence electrons. The van der Waals surface area contributed by atoms with Gasteiger partial charge in [0.25, 0.3) is 5.78 Å². The molecule has 2 aromatic carbocycles. The zero-order chi connectivity index (χ0) is 25.4. The second-order valence-corrected chi connectivity index (χ2v) is 9.22. The number of amides is 1. The smallest absolute Gasteiger partial charge is 0.350 e. The first-order valence-electron chi connectivity index (χ1n) is 10.4. The summed E-state index contributed by atoms with van der Waals surface area (Å²) in [5.41, 5.74) is 1.89. The van der Waals surface area contributed by atoms with Crippen molar-refractivity contribution in [1.29, 1.82) is 0 Å². The van der Waals surface area contributed by atoms with E-state index >= 15 is 0 Å². The highest BCUT2D eigenvalue weighted by Crippen LogP contribution is 2.44. The summed E-state index contributed by atoms with van der Waals surface area (Å²) in [5, 5.41) is 11.9. The monoisotopic (exact) mass is 512 g/mol. The number of carbonyl (C=O) groups is 3. The second kappa shape index (κ2) is 9.52. The van der Waals surface area contributed by atoms with E-state index in [0.29, 0.717) is 27.6 Å². The van der Waals surface area contributed by atoms with Crippen LogP contribution in [0.2, 0.25) is 5.02 Å². The Labute approximate surface area is 210 Å². The second-order valence-electron chi connectivity index (χ2n) is 7.81. The SMILES string of the molecule is COC(=O)c1sc(N2C(=O)C(=O)C(=C(O)c3ccc(OC)c(C)c3)[C@@H]2c2ccc(Cl)cc2)nc1C. The molecule has 0 saturated carbocycles. The zero-order valence-electron chi connectivity index (χ0n) is 19.3. The Kier molecular flexibility index (Phi) is 6.64. The summed E-state index contributed by atoms with van der Waals surface area (Å²) in [6, 6.07) is 10.5. The van der Waals surface area contributed by atoms with E-state index in [-0.39, 0.29) is 21.3 Å². The van der Waals surface area contributed by atoms with Crippen LogP contribution < -0.4 is 9.64 Å². The van der Waals surface area contributed by atoms with Crippen molar-refractivity contribution in [2.45, 2.75) is 19.9 Å². The molecule has 1 atom stereocenters. The molecular formula is C25H21ClN2O6S. The van der Waals surface area contributed by atoms with Gasteiger partial charge in [-0.1, -0.05) is 35.1 Å². The van der Waals surface area contributed by atoms with Gasteiger partial charge in [0.15, 0.2) is 5.13 Å². The first-order chi connectivity index (χ1) is 16.7. The summed E-state index contributed by atoms with van der Waals surface area (Å²) in [5.74, 6) is -2.06. The lowest BCUT2D eigenvalue weighted by molar-refractivity contribution is -0.132. The number of aryl methyl sites for hydroxylation is 2. The van der Waals surface area contributed by atoms with Crippen LogP contribution in [0, 0.1) is 13.8 Å². The maximum atomic E-state index is 13.3. The number of hydrogen-bond donors (Lipinski definition) is 1. The van der Waals surface area contributed by atoms with E-state index < -0.39 is 23.7 Å². The van der Waals surface area contributed by atoms with Crippen LogP contribution in [-0.4, -0.2) is 42.0 Å². The normalized spacial score (nSPS) is 17.1. The highest BCUT2D eigenvalue weighted by atomic mass is 35.5. The van der Waals surface area contributed by atoms with E-state index in [2.05, 4.69) is 4.98 Å². The molecule has 1 aromatic heterocycles. The Hall–Kier alpha value is -3.69. The summed E-state index contributed by atoms with van der Waals surface area (Å²) >= 11 is 7.00. The molecule has 1 aliphatic rings. The molecule has 10 heteroatoms. The lowest BCUT2D eigenvalue weighted by Gasteiger charge is -2.23. The number of thiazole rings is 1. The third-order valence-electron chi connectivity index (χ3n) is 5.66. The van der Waals surface area contributed by atoms with Crippen LogP contribution in [0.1, 0.15) is 38.1 Å². The number of hydrogen-bond acceptors (Lipinski definition) is 8. The largest absolute Gasteiger partial charge is 0.507 e. The first kappa shape index (κ1) is 24.4. The summed E-state index contributed by atoms with van der Waals surface area (Å²) in [6.07, 6.45) is 0. The molecule has 3 aromatic rings. The Balaban J connectivity index is 1.93. The van der Waals surface area contributed by atoms with E-state index in [0.717, 1.165) is 16.9 Å². The van der Waals surface area contributed by atoms with Crippen LogP contribution in [-0.2, 0) is 14.3 Å². The number of carbonyl (C=O) groups excluding carboxylic acids is 3. The molecule has 4 rings (SSSR count). The summed E-state index contributed by atoms with van der Waals surface area (Å²) in [6.45, 7) is 3.41. The molecule has 8 nitrogen and oxygen atoms in total. The average Bonchev–Trinajstić information content (AvgIpc) is 3.35. The lowest BCUT2D eigenvalue weighted by Crippen LogP contribution is -2.29. The minimum absolute atomic E-state index is 0.102. The quantitative estimate of drug-likeness (QED) is 0.226. The fourth-order valence-electron chi connectivity index (χ4n) is 3.94. The number of Topliss-reactive ketones (excluding diaryl/α,β-unsaturated/α-hetero) is 1. The maximum absolute atomic E-state index is 13.3. The summed E-state index contributed by atoms with van der Waals surface area (Å²) in [7, 11) is 2.78. The van der Waals surface area contributed by atoms with Crippen LogP contribution in [0.15, 0.2) is 48.0 Å². The van der Waals surface area contributed by atoms with Gasteiger partial charge in [0.1, 0.15) is 16.4 Å². The van der Waals surface area contributed by atoms with Gasteiger partial charge in [0.05, 0.1) is 31.5 Å². The number of esters is 1. The third kappa shape index (κ3) is 4.28. The Morgan fingerprint density at radius 2 is 1.80 bits per heavy atom. The van der Waals surface area contributed by atoms with E-state index in [9.17, 15) is 19.5 Å². The number of ketones is 1. The highest BCUT2D eigenvalue weighted by molar-refractivity contribution is 7.17. The number of benzene rings is 2. The van der Waals surface area contributed by atoms with Gasteiger partial charge in [0, 0.05) is 10.6 Å². The molecule has 0 bridgehead atoms. The topological polar surface area (TPSA) is 106 Å². The minimum Gasteiger partial charge on any atom is -0.507 e. The maximum Gasteiger partial charge on any atom is 0.350 e. The number of nitrogens with zero attached hydrogens (tertiary/aromatic N) is 2. The Morgan fingerprint density at radius 1 is 1.11 bits per heavy atom. The summed E-state index contributed by atoms with van der Waals surface area (Å²) in [4.78, 5) is 44.4. The molecule has 1 aliphatic heterocycles. The van der Waals surface area contributed by atoms with E-state index in [1.807, 2.05) is 0 Å². The molecular weight excluding hydrogens is 492 g/mol. The Morgan fingerprint density at radius 3 is 2.40 bits per heavy atom. The number of methoxy groups -OCH3 is 2. The van der Waals surface area contributed by atoms with Gasteiger partial charge in [0.2, 0.25) is 0 Å². The number of halogens is 1. The fourth-order valence-corrected chi connectivity index (χ4v) is 5.08. The fraction of sp³-hybridized carbons (Fsp3) is 0.200. The average molecular weight is 513 g/mol. The van der Waals surface area contributed by atoms with Crippen LogP contribution in [0.25, 0.3) is 5.76 Å². The van der Waals surface area contributed by atoms with Crippen molar-refractivity contribution in [2.24, 2.45) is 0 Å². The van der Waals surface area contributed by atoms with Crippen molar-refractivity contribution in [2.75, 3.05) is 19.1 Å². The number of aliphatic hydroxyl groups is 1. The van der Waals surface area contributed by atoms with E-state index in [4.69, 9.17) is 21.1 Å². The van der Waals surface area contributed by atoms with Crippen molar-refractivity contribution in [3.8, 4) is 5.75 Å². The van der Waals surface area contributed by atoms with Crippen LogP contribution in [0.4, 0.5) is 5.13 Å². The molecule has 0 radical (unpaired) electrons. The van der Waals surface area contributed by atoms with Gasteiger partial charge in [-0.05, 0) is 55.3 Å².